The first kappa shape index (κ1) is 70.6. The third-order valence-electron chi connectivity index (χ3n) is 24.1. The Balaban J connectivity index is 0.000000231. The van der Waals surface area contributed by atoms with Gasteiger partial charge in [0.15, 0.2) is 0 Å². The lowest BCUT2D eigenvalue weighted by Gasteiger charge is -2.62. The molecule has 0 unspecified atom stereocenters. The zero-order valence-corrected chi connectivity index (χ0v) is 57.9. The summed E-state index contributed by atoms with van der Waals surface area (Å²) >= 11 is 0. The minimum atomic E-state index is -0.588. The molecule has 7 aliphatic carbocycles. The molecular weight excluding hydrogens is 1010 g/mol. The highest BCUT2D eigenvalue weighted by molar-refractivity contribution is 5.75. The number of allylic oxidation sites excluding steroid dienone is 20. The summed E-state index contributed by atoms with van der Waals surface area (Å²) in [4.78, 5) is 11.9. The molecule has 0 heterocycles. The fourth-order valence-corrected chi connectivity index (χ4v) is 18.4. The molecule has 0 spiro atoms. The summed E-state index contributed by atoms with van der Waals surface area (Å²) < 4.78 is 0. The average molecular weight is 1140 g/mol. The summed E-state index contributed by atoms with van der Waals surface area (Å²) in [5.41, 5.74) is 18.1. The quantitative estimate of drug-likeness (QED) is 0.0889. The van der Waals surface area contributed by atoms with Crippen LogP contribution in [0.2, 0.25) is 0 Å². The molecular formula is C80H130O3. The van der Waals surface area contributed by atoms with Gasteiger partial charge in [-0.2, -0.15) is 0 Å². The summed E-state index contributed by atoms with van der Waals surface area (Å²) in [5.74, 6) is 3.21. The molecule has 3 saturated carbocycles. The Morgan fingerprint density at radius 1 is 0.566 bits per heavy atom. The van der Waals surface area contributed by atoms with Crippen molar-refractivity contribution in [2.24, 2.45) is 68.0 Å². The number of aliphatic hydroxyl groups excluding tert-OH is 1. The van der Waals surface area contributed by atoms with Gasteiger partial charge < -0.3 is 10.2 Å². The highest BCUT2D eigenvalue weighted by atomic mass is 16.4. The van der Waals surface area contributed by atoms with Crippen LogP contribution in [0, 0.1) is 68.0 Å². The number of unbranched alkanes of at least 4 members (excludes halogenated alkanes) is 1. The van der Waals surface area contributed by atoms with Crippen LogP contribution < -0.4 is 0 Å². The molecule has 3 nitrogen and oxygen atoms in total. The fraction of sp³-hybridized carbons (Fsp3) is 0.738. The van der Waals surface area contributed by atoms with Crippen molar-refractivity contribution < 1.29 is 15.0 Å². The Hall–Kier alpha value is -3.17. The first-order chi connectivity index (χ1) is 38.9. The lowest BCUT2D eigenvalue weighted by Crippen LogP contribution is -2.55. The molecule has 0 aromatic carbocycles. The van der Waals surface area contributed by atoms with E-state index >= 15 is 0 Å². The topological polar surface area (TPSA) is 57.5 Å². The van der Waals surface area contributed by atoms with Crippen molar-refractivity contribution in [2.75, 3.05) is 0 Å². The number of rotatable bonds is 21. The van der Waals surface area contributed by atoms with Gasteiger partial charge in [-0.3, -0.25) is 4.79 Å². The van der Waals surface area contributed by atoms with Crippen LogP contribution in [-0.4, -0.2) is 22.3 Å². The van der Waals surface area contributed by atoms with Crippen LogP contribution >= 0.6 is 0 Å². The van der Waals surface area contributed by atoms with Crippen LogP contribution in [0.5, 0.6) is 0 Å². The van der Waals surface area contributed by atoms with Gasteiger partial charge in [0.05, 0.1) is 11.5 Å². The van der Waals surface area contributed by atoms with Crippen molar-refractivity contribution >= 4 is 5.97 Å². The molecule has 0 saturated heterocycles. The Bertz CT molecular complexity index is 2430. The lowest BCUT2D eigenvalue weighted by molar-refractivity contribution is -0.162. The van der Waals surface area contributed by atoms with Gasteiger partial charge >= 0.3 is 5.97 Å². The van der Waals surface area contributed by atoms with E-state index in [4.69, 9.17) is 0 Å². The summed E-state index contributed by atoms with van der Waals surface area (Å²) in [6.45, 7) is 46.4. The van der Waals surface area contributed by atoms with E-state index in [1.54, 1.807) is 5.57 Å². The number of fused-ring (bicyclic) bond motifs is 7. The van der Waals surface area contributed by atoms with E-state index in [1.807, 2.05) is 18.1 Å². The first-order valence-corrected chi connectivity index (χ1v) is 34.4. The molecule has 3 heteroatoms. The number of hydrogen-bond donors (Lipinski definition) is 2. The van der Waals surface area contributed by atoms with Crippen LogP contribution in [-0.2, 0) is 4.79 Å². The maximum absolute atomic E-state index is 11.9. The number of carbonyl (C=O) groups is 1. The first-order valence-electron chi connectivity index (χ1n) is 34.4. The maximum atomic E-state index is 11.9. The van der Waals surface area contributed by atoms with Crippen molar-refractivity contribution in [3.8, 4) is 0 Å². The van der Waals surface area contributed by atoms with Crippen molar-refractivity contribution in [3.63, 3.8) is 0 Å². The van der Waals surface area contributed by atoms with Crippen molar-refractivity contribution in [1.29, 1.82) is 0 Å². The molecule has 0 amide bonds. The molecule has 11 atom stereocenters. The minimum absolute atomic E-state index is 0.0465. The Morgan fingerprint density at radius 2 is 1.08 bits per heavy atom. The average Bonchev–Trinajstić information content (AvgIpc) is 1.89. The largest absolute Gasteiger partial charge is 0.481 e. The van der Waals surface area contributed by atoms with Gasteiger partial charge in [0.25, 0.3) is 0 Å². The van der Waals surface area contributed by atoms with Crippen LogP contribution in [0.15, 0.2) is 116 Å². The number of aliphatic hydroxyl groups is 1. The van der Waals surface area contributed by atoms with Gasteiger partial charge in [-0.05, 0) is 305 Å². The molecule has 3 fully saturated rings. The smallest absolute Gasteiger partial charge is 0.309 e. The van der Waals surface area contributed by atoms with Gasteiger partial charge in [-0.15, -0.1) is 0 Å². The number of hydrogen-bond acceptors (Lipinski definition) is 2. The molecule has 83 heavy (non-hydrogen) atoms. The second-order valence-corrected chi connectivity index (χ2v) is 31.6. The predicted molar refractivity (Wildman–Crippen MR) is 362 cm³/mol. The molecule has 468 valence electrons. The zero-order valence-electron chi connectivity index (χ0n) is 57.9. The zero-order chi connectivity index (χ0) is 61.7. The second-order valence-electron chi connectivity index (χ2n) is 31.6. The molecule has 7 aliphatic rings. The van der Waals surface area contributed by atoms with Gasteiger partial charge in [0, 0.05) is 0 Å². The van der Waals surface area contributed by atoms with Crippen LogP contribution in [0.25, 0.3) is 0 Å². The van der Waals surface area contributed by atoms with E-state index in [1.165, 1.54) is 186 Å². The van der Waals surface area contributed by atoms with Crippen molar-refractivity contribution in [2.45, 2.75) is 312 Å². The molecule has 7 rings (SSSR count). The molecule has 0 aromatic heterocycles. The van der Waals surface area contributed by atoms with E-state index in [2.05, 4.69) is 186 Å². The normalized spacial score (nSPS) is 32.6. The number of carboxylic acids is 1. The fourth-order valence-electron chi connectivity index (χ4n) is 18.4. The van der Waals surface area contributed by atoms with Crippen LogP contribution in [0.4, 0.5) is 0 Å². The highest BCUT2D eigenvalue weighted by Gasteiger charge is 2.63. The summed E-state index contributed by atoms with van der Waals surface area (Å²) in [6, 6.07) is 0. The van der Waals surface area contributed by atoms with Gasteiger partial charge in [-0.1, -0.05) is 179 Å². The van der Waals surface area contributed by atoms with Crippen molar-refractivity contribution in [1.82, 2.24) is 0 Å². The van der Waals surface area contributed by atoms with Gasteiger partial charge in [0.2, 0.25) is 0 Å². The number of carboxylic acid groups (broad SMARTS) is 1. The molecule has 0 radical (unpaired) electrons. The molecule has 0 aromatic rings. The van der Waals surface area contributed by atoms with E-state index in [0.29, 0.717) is 34.0 Å². The van der Waals surface area contributed by atoms with E-state index in [-0.39, 0.29) is 22.9 Å². The predicted octanol–water partition coefficient (Wildman–Crippen LogP) is 24.3. The SMILES string of the molecule is CC(C)=CCC/C(C)=C/CC/C(C)=C/CC/C=C(\C)CC/C=C(\C)CCC=C(C)C.CC(C)=CCC[C@@H](C)[C@H]1CC[C@@]2(C)C3=C(CC[C@]12C)[C@@]1(C)CC[C@H](O)C(C)(C)[C@@H]1CC3.CC(C)C1=CC2=CC[C@@H]3[C@](C)(CCC[C@@]3(C)C(=O)O)[C@H]2CC1. The van der Waals surface area contributed by atoms with E-state index in [0.717, 1.165) is 37.5 Å². The third-order valence-corrected chi connectivity index (χ3v) is 24.1. The standard InChI is InChI=1S/C30H50O.C30H50.C20H30O2/c1-20(2)10-9-11-21(3)22-14-18-30(8)24-12-13-25-27(4,5)26(31)16-17-28(25,6)23(24)15-19-29(22,30)7;1-25(2)15-11-19-29(7)23-13-21-27(5)17-9-10-18-28(6)22-14-24-30(8)20-12-16-26(3)4;1-13(2)14-6-8-16-15(12-14)7-9-17-19(16,3)10-5-11-20(17,4)18(21)22/h10,21-22,25-26,31H,9,11-19H2,1-8H3;15-18,23-24H,9-14,19-22H2,1-8H3;7,12-13,16-17H,5-6,8-11H2,1-4H3,(H,21,22)/b;27-17+,28-18+,29-23+,30-24+;/t21-,22-,25+,26+,28-,29-,30+;;16-,17+,19+,20+/m1.0/s1. The lowest BCUT2D eigenvalue weighted by atomic mass is 9.43. The minimum Gasteiger partial charge on any atom is -0.481 e. The van der Waals surface area contributed by atoms with Crippen LogP contribution in [0.3, 0.4) is 0 Å². The Kier molecular flexibility index (Phi) is 26.1. The third kappa shape index (κ3) is 17.3. The summed E-state index contributed by atoms with van der Waals surface area (Å²) in [7, 11) is 0. The monoisotopic (exact) mass is 1140 g/mol. The van der Waals surface area contributed by atoms with Crippen molar-refractivity contribution in [3.05, 3.63) is 116 Å². The maximum Gasteiger partial charge on any atom is 0.309 e. The van der Waals surface area contributed by atoms with Gasteiger partial charge in [-0.25, -0.2) is 0 Å². The van der Waals surface area contributed by atoms with E-state index in [9.17, 15) is 15.0 Å². The molecule has 0 aliphatic heterocycles. The van der Waals surface area contributed by atoms with E-state index < -0.39 is 11.4 Å². The van der Waals surface area contributed by atoms with Gasteiger partial charge in [0.1, 0.15) is 0 Å². The van der Waals surface area contributed by atoms with Crippen LogP contribution in [0.1, 0.15) is 305 Å². The summed E-state index contributed by atoms with van der Waals surface area (Å²) in [5, 5.41) is 20.6. The molecule has 0 bridgehead atoms. The summed E-state index contributed by atoms with van der Waals surface area (Å²) in [6.07, 6.45) is 52.6. The Labute approximate surface area is 513 Å². The molecule has 2 N–H and O–H groups in total. The Morgan fingerprint density at radius 3 is 1.60 bits per heavy atom. The number of aliphatic carboxylic acids is 1. The second kappa shape index (κ2) is 30.6. The highest BCUT2D eigenvalue weighted by Crippen LogP contribution is 2.72.